The van der Waals surface area contributed by atoms with Crippen LogP contribution in [0.5, 0.6) is 0 Å². The maximum Gasteiger partial charge on any atom is 0.417 e. The number of carboxylic acids is 1. The molecule has 2 aromatic heterocycles. The van der Waals surface area contributed by atoms with Gasteiger partial charge in [-0.3, -0.25) is 0 Å². The van der Waals surface area contributed by atoms with Gasteiger partial charge in [0.25, 0.3) is 0 Å². The number of hydrogen-bond acceptors (Lipinski definition) is 11. The van der Waals surface area contributed by atoms with Crippen molar-refractivity contribution in [1.29, 1.82) is 0 Å². The summed E-state index contributed by atoms with van der Waals surface area (Å²) in [6.45, 7) is 1.09. The number of carboxylic acid groups (broad SMARTS) is 1. The number of fused-ring (bicyclic) bond motifs is 1. The molecule has 4 fully saturated rings. The van der Waals surface area contributed by atoms with Gasteiger partial charge in [-0.1, -0.05) is 23.4 Å². The summed E-state index contributed by atoms with van der Waals surface area (Å²) in [5.41, 5.74) is -1.51. The zero-order chi connectivity index (χ0) is 40.6. The van der Waals surface area contributed by atoms with Crippen molar-refractivity contribution in [3.8, 4) is 11.3 Å². The lowest BCUT2D eigenvalue weighted by molar-refractivity contribution is -0.278. The summed E-state index contributed by atoms with van der Waals surface area (Å²) >= 11 is 0. The smallest absolute Gasteiger partial charge is 0.417 e. The predicted octanol–water partition coefficient (Wildman–Crippen LogP) is 6.09. The maximum atomic E-state index is 14.4. The van der Waals surface area contributed by atoms with E-state index in [1.807, 2.05) is 4.90 Å². The van der Waals surface area contributed by atoms with Crippen LogP contribution in [0, 0.1) is 11.3 Å². The van der Waals surface area contributed by atoms with Crippen LogP contribution in [0.4, 0.5) is 32.0 Å². The molecule has 4 N–H and O–H groups in total. The van der Waals surface area contributed by atoms with Gasteiger partial charge in [-0.2, -0.15) is 26.3 Å². The Bertz CT molecular complexity index is 2190. The lowest BCUT2D eigenvalue weighted by Crippen LogP contribution is -2.60. The van der Waals surface area contributed by atoms with E-state index in [0.717, 1.165) is 50.2 Å². The van der Waals surface area contributed by atoms with Crippen LogP contribution in [-0.4, -0.2) is 86.3 Å². The molecule has 304 valence electrons. The van der Waals surface area contributed by atoms with Crippen LogP contribution in [0.1, 0.15) is 77.4 Å². The number of alkyl halides is 6. The Morgan fingerprint density at radius 2 is 1.58 bits per heavy atom. The van der Waals surface area contributed by atoms with Gasteiger partial charge in [-0.15, -0.1) is 0 Å². The highest BCUT2D eigenvalue weighted by Gasteiger charge is 2.50. The molecular formula is C39H37F6N3O9. The van der Waals surface area contributed by atoms with Gasteiger partial charge < -0.3 is 39.3 Å². The first-order valence-electron chi connectivity index (χ1n) is 18.5. The molecule has 2 saturated heterocycles. The third kappa shape index (κ3) is 7.43. The van der Waals surface area contributed by atoms with Crippen LogP contribution in [0.3, 0.4) is 0 Å². The molecule has 0 bridgehead atoms. The Balaban J connectivity index is 0.952. The van der Waals surface area contributed by atoms with Crippen molar-refractivity contribution < 1.29 is 70.4 Å². The number of aromatic nitrogens is 2. The van der Waals surface area contributed by atoms with Gasteiger partial charge in [-0.25, -0.2) is 14.6 Å². The lowest BCUT2D eigenvalue weighted by atomic mass is 9.56. The van der Waals surface area contributed by atoms with E-state index in [2.05, 4.69) is 10.1 Å². The molecule has 8 rings (SSSR count). The Labute approximate surface area is 320 Å². The van der Waals surface area contributed by atoms with E-state index >= 15 is 0 Å². The summed E-state index contributed by atoms with van der Waals surface area (Å²) in [4.78, 5) is 30.4. The Kier molecular flexibility index (Phi) is 9.76. The van der Waals surface area contributed by atoms with Crippen LogP contribution in [0.25, 0.3) is 22.2 Å². The lowest BCUT2D eigenvalue weighted by Gasteiger charge is -2.53. The first kappa shape index (κ1) is 39.1. The second-order valence-corrected chi connectivity index (χ2v) is 15.6. The number of carbonyl (C=O) groups excluding carboxylic acids is 1. The minimum atomic E-state index is -4.95. The minimum Gasteiger partial charge on any atom is -0.479 e. The number of carbonyl (C=O) groups is 2. The first-order chi connectivity index (χ1) is 26.9. The van der Waals surface area contributed by atoms with Gasteiger partial charge in [0.1, 0.15) is 35.5 Å². The van der Waals surface area contributed by atoms with Crippen LogP contribution in [0.15, 0.2) is 53.1 Å². The van der Waals surface area contributed by atoms with Gasteiger partial charge in [0.15, 0.2) is 6.10 Å². The normalized spacial score (nSPS) is 25.4. The average Bonchev–Trinajstić information content (AvgIpc) is 3.92. The molecule has 5 atom stereocenters. The second kappa shape index (κ2) is 14.2. The van der Waals surface area contributed by atoms with Gasteiger partial charge in [-0.05, 0) is 86.6 Å². The summed E-state index contributed by atoms with van der Waals surface area (Å²) in [7, 11) is 0. The van der Waals surface area contributed by atoms with Crippen LogP contribution < -0.4 is 4.90 Å². The van der Waals surface area contributed by atoms with Crippen molar-refractivity contribution in [1.82, 2.24) is 10.1 Å². The van der Waals surface area contributed by atoms with Crippen LogP contribution >= 0.6 is 0 Å². The number of anilines is 1. The van der Waals surface area contributed by atoms with Gasteiger partial charge in [0, 0.05) is 41.2 Å². The number of piperidine rings is 1. The number of nitrogens with zero attached hydrogens (tertiary/aromatic N) is 3. The fraction of sp³-hybridized carbons (Fsp3) is 0.487. The third-order valence-corrected chi connectivity index (χ3v) is 11.7. The number of aliphatic carboxylic acids is 1. The summed E-state index contributed by atoms with van der Waals surface area (Å²) in [5.74, 6) is -2.23. The van der Waals surface area contributed by atoms with E-state index in [4.69, 9.17) is 14.0 Å². The third-order valence-electron chi connectivity index (χ3n) is 11.7. The number of halogens is 6. The standard InChI is InChI=1S/C39H37F6N3O9/c40-38(41,42)24-4-2-1-3-21(24)28-23(32(57-47-28)19-5-6-19)13-18-16-37(17-18)9-11-48(12-10-37)20-7-8-26-22(14-20)25(39(43,44)45)15-27(46-26)35(54)56-36-31(51)29(49)30(50)33(55-36)34(52)53/h1-4,7-8,14-15,18-19,29-31,33,36,49-51H,5-6,9-13,16-17H2,(H,52,53)/t29?,30?,31?,33?,36-/m0/s1. The van der Waals surface area contributed by atoms with E-state index in [1.54, 1.807) is 12.1 Å². The molecule has 18 heteroatoms. The van der Waals surface area contributed by atoms with E-state index < -0.39 is 71.8 Å². The van der Waals surface area contributed by atoms with E-state index in [0.29, 0.717) is 37.0 Å². The molecular weight excluding hydrogens is 768 g/mol. The molecule has 12 nitrogen and oxygen atoms in total. The molecule has 0 amide bonds. The van der Waals surface area contributed by atoms with Gasteiger partial charge >= 0.3 is 24.3 Å². The summed E-state index contributed by atoms with van der Waals surface area (Å²) < 4.78 is 101. The second-order valence-electron chi connectivity index (χ2n) is 15.6. The average molecular weight is 806 g/mol. The largest absolute Gasteiger partial charge is 0.479 e. The first-order valence-corrected chi connectivity index (χ1v) is 18.5. The quantitative estimate of drug-likeness (QED) is 0.119. The molecule has 2 aliphatic carbocycles. The number of hydrogen-bond donors (Lipinski definition) is 4. The monoisotopic (exact) mass is 805 g/mol. The maximum absolute atomic E-state index is 14.4. The molecule has 2 aliphatic heterocycles. The minimum absolute atomic E-state index is 0.000220. The number of rotatable bonds is 8. The Morgan fingerprint density at radius 3 is 2.23 bits per heavy atom. The number of benzene rings is 2. The molecule has 4 heterocycles. The number of aliphatic hydroxyl groups excluding tert-OH is 3. The molecule has 0 radical (unpaired) electrons. The fourth-order valence-corrected chi connectivity index (χ4v) is 8.64. The highest BCUT2D eigenvalue weighted by Crippen LogP contribution is 2.56. The van der Waals surface area contributed by atoms with E-state index in [-0.39, 0.29) is 39.4 Å². The van der Waals surface area contributed by atoms with Crippen LogP contribution in [-0.2, 0) is 33.0 Å². The summed E-state index contributed by atoms with van der Waals surface area (Å²) in [6, 6.07) is 10.1. The van der Waals surface area contributed by atoms with Crippen molar-refractivity contribution >= 4 is 28.5 Å². The molecule has 4 aromatic rings. The number of pyridine rings is 1. The Hall–Kier alpha value is -4.78. The van der Waals surface area contributed by atoms with Crippen LogP contribution in [0.2, 0.25) is 0 Å². The number of esters is 1. The summed E-state index contributed by atoms with van der Waals surface area (Å²) in [5, 5.41) is 43.2. The molecule has 2 aromatic carbocycles. The molecule has 57 heavy (non-hydrogen) atoms. The highest BCUT2D eigenvalue weighted by atomic mass is 19.4. The van der Waals surface area contributed by atoms with Crippen molar-refractivity contribution in [3.05, 3.63) is 76.7 Å². The Morgan fingerprint density at radius 1 is 0.895 bits per heavy atom. The molecule has 4 aliphatic rings. The number of ether oxygens (including phenoxy) is 2. The van der Waals surface area contributed by atoms with Crippen molar-refractivity contribution in [2.24, 2.45) is 11.3 Å². The van der Waals surface area contributed by atoms with E-state index in [9.17, 15) is 56.4 Å². The van der Waals surface area contributed by atoms with Crippen molar-refractivity contribution in [2.75, 3.05) is 18.0 Å². The number of aliphatic hydroxyl groups is 3. The fourth-order valence-electron chi connectivity index (χ4n) is 8.64. The molecule has 1 spiro atoms. The van der Waals surface area contributed by atoms with Crippen molar-refractivity contribution in [3.63, 3.8) is 0 Å². The topological polar surface area (TPSA) is 176 Å². The molecule has 4 unspecified atom stereocenters. The summed E-state index contributed by atoms with van der Waals surface area (Å²) in [6.07, 6.45) is -14.5. The van der Waals surface area contributed by atoms with E-state index in [1.165, 1.54) is 24.3 Å². The predicted molar refractivity (Wildman–Crippen MR) is 186 cm³/mol. The van der Waals surface area contributed by atoms with Gasteiger partial charge in [0.2, 0.25) is 6.29 Å². The molecule has 2 saturated carbocycles. The van der Waals surface area contributed by atoms with Crippen molar-refractivity contribution in [2.45, 2.75) is 93.9 Å². The zero-order valence-electron chi connectivity index (χ0n) is 30.0. The van der Waals surface area contributed by atoms with Gasteiger partial charge in [0.05, 0.1) is 16.6 Å². The SMILES string of the molecule is O=C(O[C@@H]1OC(C(=O)O)C(O)C(O)C1O)c1cc(C(F)(F)F)c2cc(N3CCC4(CC3)CC(Cc3c(-c5ccccc5C(F)(F)F)noc3C3CC3)C4)ccc2n1. The zero-order valence-corrected chi connectivity index (χ0v) is 30.0. The highest BCUT2D eigenvalue weighted by molar-refractivity contribution is 5.94.